The minimum absolute atomic E-state index is 0.0445. The number of nitrogens with zero attached hydrogens (tertiary/aromatic N) is 1. The molecule has 1 aliphatic rings. The summed E-state index contributed by atoms with van der Waals surface area (Å²) >= 11 is 0. The molecule has 1 N–H and O–H groups in total. The lowest BCUT2D eigenvalue weighted by molar-refractivity contribution is -0.147. The summed E-state index contributed by atoms with van der Waals surface area (Å²) in [6.45, 7) is 8.59. The number of amides is 1. The van der Waals surface area contributed by atoms with Gasteiger partial charge in [0.1, 0.15) is 11.6 Å². The monoisotopic (exact) mass is 273 g/mol. The van der Waals surface area contributed by atoms with Crippen molar-refractivity contribution in [3.8, 4) is 0 Å². The molecule has 1 heterocycles. The summed E-state index contributed by atoms with van der Waals surface area (Å²) in [6, 6.07) is -0.824. The number of ether oxygens (including phenoxy) is 2. The topological polar surface area (TPSA) is 76.1 Å². The fraction of sp³-hybridized carbons (Fsp3) is 0.846. The van der Waals surface area contributed by atoms with Crippen molar-refractivity contribution in [2.75, 3.05) is 13.7 Å². The third-order valence-corrected chi connectivity index (χ3v) is 3.35. The molecular formula is C13H23NO5. The molecule has 0 aromatic heterocycles. The molecule has 3 atom stereocenters. The number of hydrogen-bond acceptors (Lipinski definition) is 5. The zero-order valence-corrected chi connectivity index (χ0v) is 12.4. The van der Waals surface area contributed by atoms with Crippen molar-refractivity contribution in [2.45, 2.75) is 51.9 Å². The van der Waals surface area contributed by atoms with Crippen molar-refractivity contribution in [1.82, 2.24) is 4.90 Å². The first-order valence-corrected chi connectivity index (χ1v) is 6.29. The molecular weight excluding hydrogens is 250 g/mol. The Labute approximate surface area is 113 Å². The summed E-state index contributed by atoms with van der Waals surface area (Å²) in [5.41, 5.74) is -1.80. The summed E-state index contributed by atoms with van der Waals surface area (Å²) < 4.78 is 9.97. The molecule has 6 nitrogen and oxygen atoms in total. The van der Waals surface area contributed by atoms with Crippen LogP contribution in [0.4, 0.5) is 4.79 Å². The average molecular weight is 273 g/mol. The fourth-order valence-corrected chi connectivity index (χ4v) is 2.15. The van der Waals surface area contributed by atoms with Gasteiger partial charge in [0, 0.05) is 5.92 Å². The first kappa shape index (κ1) is 15.8. The maximum Gasteiger partial charge on any atom is 0.411 e. The molecule has 3 unspecified atom stereocenters. The second kappa shape index (κ2) is 5.00. The standard InChI is InChI=1S/C13H23NO5/c1-8-9(10(15)18-6)14(7-13(8,5)17)11(16)19-12(2,3)4/h8-9,17H,7H2,1-6H3. The molecule has 0 aromatic carbocycles. The van der Waals surface area contributed by atoms with E-state index in [1.807, 2.05) is 0 Å². The summed E-state index contributed by atoms with van der Waals surface area (Å²) in [4.78, 5) is 25.2. The molecule has 1 amide bonds. The zero-order valence-electron chi connectivity index (χ0n) is 12.4. The normalized spacial score (nSPS) is 31.2. The Bertz CT molecular complexity index is 372. The van der Waals surface area contributed by atoms with Crippen molar-refractivity contribution in [3.05, 3.63) is 0 Å². The van der Waals surface area contributed by atoms with Gasteiger partial charge in [-0.2, -0.15) is 0 Å². The third kappa shape index (κ3) is 3.37. The molecule has 6 heteroatoms. The van der Waals surface area contributed by atoms with Crippen LogP contribution < -0.4 is 0 Å². The largest absolute Gasteiger partial charge is 0.467 e. The Morgan fingerprint density at radius 3 is 2.32 bits per heavy atom. The second-order valence-electron chi connectivity index (χ2n) is 6.22. The van der Waals surface area contributed by atoms with Crippen LogP contribution in [-0.2, 0) is 14.3 Å². The number of esters is 1. The Morgan fingerprint density at radius 2 is 1.89 bits per heavy atom. The van der Waals surface area contributed by atoms with Crippen molar-refractivity contribution in [2.24, 2.45) is 5.92 Å². The van der Waals surface area contributed by atoms with Gasteiger partial charge in [-0.25, -0.2) is 9.59 Å². The molecule has 110 valence electrons. The van der Waals surface area contributed by atoms with E-state index in [4.69, 9.17) is 9.47 Å². The maximum absolute atomic E-state index is 12.1. The first-order valence-electron chi connectivity index (χ1n) is 6.29. The van der Waals surface area contributed by atoms with Crippen LogP contribution >= 0.6 is 0 Å². The summed E-state index contributed by atoms with van der Waals surface area (Å²) in [6.07, 6.45) is -0.618. The number of carbonyl (C=O) groups is 2. The molecule has 0 saturated carbocycles. The number of hydrogen-bond donors (Lipinski definition) is 1. The van der Waals surface area contributed by atoms with Crippen LogP contribution in [0, 0.1) is 5.92 Å². The number of β-amino-alcohol motifs (C(OH)–C–C–N with tert-alkyl or cyclic N) is 1. The van der Waals surface area contributed by atoms with Gasteiger partial charge in [0.2, 0.25) is 0 Å². The molecule has 1 saturated heterocycles. The van der Waals surface area contributed by atoms with Crippen LogP contribution in [0.3, 0.4) is 0 Å². The van der Waals surface area contributed by atoms with E-state index >= 15 is 0 Å². The predicted octanol–water partition coefficient (Wildman–Crippen LogP) is 1.17. The third-order valence-electron chi connectivity index (χ3n) is 3.35. The number of rotatable bonds is 1. The van der Waals surface area contributed by atoms with Crippen molar-refractivity contribution < 1.29 is 24.2 Å². The van der Waals surface area contributed by atoms with E-state index in [1.165, 1.54) is 12.0 Å². The second-order valence-corrected chi connectivity index (χ2v) is 6.22. The highest BCUT2D eigenvalue weighted by molar-refractivity contribution is 5.83. The highest BCUT2D eigenvalue weighted by atomic mass is 16.6. The molecule has 0 radical (unpaired) electrons. The van der Waals surface area contributed by atoms with Gasteiger partial charge in [-0.15, -0.1) is 0 Å². The molecule has 1 aliphatic heterocycles. The lowest BCUT2D eigenvalue weighted by Gasteiger charge is -2.28. The van der Waals surface area contributed by atoms with E-state index in [0.717, 1.165) is 0 Å². The van der Waals surface area contributed by atoms with Crippen molar-refractivity contribution in [1.29, 1.82) is 0 Å². The van der Waals surface area contributed by atoms with Crippen LogP contribution in [-0.4, -0.2) is 53.0 Å². The molecule has 19 heavy (non-hydrogen) atoms. The Morgan fingerprint density at radius 1 is 1.37 bits per heavy atom. The van der Waals surface area contributed by atoms with Crippen LogP contribution in [0.5, 0.6) is 0 Å². The molecule has 0 aliphatic carbocycles. The Kier molecular flexibility index (Phi) is 4.14. The van der Waals surface area contributed by atoms with E-state index in [2.05, 4.69) is 0 Å². The zero-order chi connectivity index (χ0) is 15.0. The van der Waals surface area contributed by atoms with Crippen LogP contribution in [0.1, 0.15) is 34.6 Å². The van der Waals surface area contributed by atoms with Gasteiger partial charge >= 0.3 is 12.1 Å². The molecule has 1 rings (SSSR count). The first-order chi connectivity index (χ1) is 8.49. The van der Waals surface area contributed by atoms with Gasteiger partial charge in [0.25, 0.3) is 0 Å². The minimum Gasteiger partial charge on any atom is -0.467 e. The quantitative estimate of drug-likeness (QED) is 0.726. The smallest absolute Gasteiger partial charge is 0.411 e. The maximum atomic E-state index is 12.1. The van der Waals surface area contributed by atoms with E-state index < -0.39 is 35.2 Å². The number of aliphatic hydroxyl groups is 1. The fourth-order valence-electron chi connectivity index (χ4n) is 2.15. The number of methoxy groups -OCH3 is 1. The van der Waals surface area contributed by atoms with Gasteiger partial charge in [-0.1, -0.05) is 6.92 Å². The van der Waals surface area contributed by atoms with Gasteiger partial charge < -0.3 is 14.6 Å². The predicted molar refractivity (Wildman–Crippen MR) is 68.5 cm³/mol. The van der Waals surface area contributed by atoms with E-state index in [1.54, 1.807) is 34.6 Å². The Balaban J connectivity index is 2.97. The van der Waals surface area contributed by atoms with Gasteiger partial charge in [-0.05, 0) is 27.7 Å². The number of carbonyl (C=O) groups excluding carboxylic acids is 2. The summed E-state index contributed by atoms with van der Waals surface area (Å²) in [5, 5.41) is 10.2. The van der Waals surface area contributed by atoms with Gasteiger partial charge in [-0.3, -0.25) is 4.90 Å². The highest BCUT2D eigenvalue weighted by Gasteiger charge is 2.52. The highest BCUT2D eigenvalue weighted by Crippen LogP contribution is 2.34. The summed E-state index contributed by atoms with van der Waals surface area (Å²) in [7, 11) is 1.26. The average Bonchev–Trinajstić information content (AvgIpc) is 2.47. The van der Waals surface area contributed by atoms with Crippen LogP contribution in [0.2, 0.25) is 0 Å². The SMILES string of the molecule is COC(=O)C1C(C)C(C)(O)CN1C(=O)OC(C)(C)C. The lowest BCUT2D eigenvalue weighted by Crippen LogP contribution is -2.45. The van der Waals surface area contributed by atoms with E-state index in [-0.39, 0.29) is 6.54 Å². The van der Waals surface area contributed by atoms with E-state index in [9.17, 15) is 14.7 Å². The Hall–Kier alpha value is -1.30. The number of likely N-dealkylation sites (tertiary alicyclic amines) is 1. The lowest BCUT2D eigenvalue weighted by atomic mass is 9.90. The molecule has 0 bridgehead atoms. The van der Waals surface area contributed by atoms with Gasteiger partial charge in [0.05, 0.1) is 19.3 Å². The van der Waals surface area contributed by atoms with E-state index in [0.29, 0.717) is 0 Å². The minimum atomic E-state index is -1.14. The van der Waals surface area contributed by atoms with Crippen molar-refractivity contribution >= 4 is 12.1 Å². The molecule has 0 aromatic rings. The summed E-state index contributed by atoms with van der Waals surface area (Å²) in [5.74, 6) is -0.969. The van der Waals surface area contributed by atoms with Crippen LogP contribution in [0.15, 0.2) is 0 Å². The van der Waals surface area contributed by atoms with Gasteiger partial charge in [0.15, 0.2) is 0 Å². The van der Waals surface area contributed by atoms with Crippen molar-refractivity contribution in [3.63, 3.8) is 0 Å². The van der Waals surface area contributed by atoms with Crippen LogP contribution in [0.25, 0.3) is 0 Å². The molecule has 0 spiro atoms. The molecule has 1 fully saturated rings.